The van der Waals surface area contributed by atoms with Crippen LogP contribution in [0.5, 0.6) is 0 Å². The summed E-state index contributed by atoms with van der Waals surface area (Å²) >= 11 is 6.29. The number of aryl methyl sites for hydroxylation is 2. The molecule has 4 nitrogen and oxygen atoms in total. The molecule has 0 spiro atoms. The van der Waals surface area contributed by atoms with Crippen molar-refractivity contribution in [3.63, 3.8) is 0 Å². The van der Waals surface area contributed by atoms with E-state index in [9.17, 15) is 0 Å². The summed E-state index contributed by atoms with van der Waals surface area (Å²) in [4.78, 5) is 12.4. The Balaban J connectivity index is 1.80. The molecule has 1 aliphatic rings. The van der Waals surface area contributed by atoms with Crippen molar-refractivity contribution in [3.05, 3.63) is 63.7 Å². The number of hydrogen-bond donors (Lipinski definition) is 0. The predicted octanol–water partition coefficient (Wildman–Crippen LogP) is 5.43. The maximum absolute atomic E-state index is 6.29. The summed E-state index contributed by atoms with van der Waals surface area (Å²) < 4.78 is 0. The third-order valence-electron chi connectivity index (χ3n) is 4.68. The number of aliphatic imine (C=N–C) groups is 1. The lowest BCUT2D eigenvalue weighted by atomic mass is 9.95. The van der Waals surface area contributed by atoms with Crippen LogP contribution in [0.1, 0.15) is 41.7 Å². The van der Waals surface area contributed by atoms with Crippen molar-refractivity contribution in [1.82, 2.24) is 4.90 Å². The van der Waals surface area contributed by atoms with Gasteiger partial charge in [-0.05, 0) is 55.7 Å². The van der Waals surface area contributed by atoms with Gasteiger partial charge in [-0.3, -0.25) is 0 Å². The lowest BCUT2D eigenvalue weighted by molar-refractivity contribution is 0.0852. The molecule has 2 aromatic rings. The fourth-order valence-electron chi connectivity index (χ4n) is 2.95. The Bertz CT molecular complexity index is 860. The largest absolute Gasteiger partial charge is 0.387 e. The van der Waals surface area contributed by atoms with Crippen LogP contribution in [0.25, 0.3) is 0 Å². The molecule has 26 heavy (non-hydrogen) atoms. The zero-order valence-corrected chi connectivity index (χ0v) is 16.4. The normalized spacial score (nSPS) is 16.7. The maximum atomic E-state index is 6.29. The van der Waals surface area contributed by atoms with E-state index >= 15 is 0 Å². The Morgan fingerprint density at radius 1 is 1.27 bits per heavy atom. The minimum Gasteiger partial charge on any atom is -0.387 e. The number of halogens is 1. The Labute approximate surface area is 160 Å². The van der Waals surface area contributed by atoms with E-state index in [1.165, 1.54) is 0 Å². The van der Waals surface area contributed by atoms with Crippen LogP contribution in [0, 0.1) is 13.8 Å². The molecule has 3 rings (SSSR count). The molecule has 0 amide bonds. The van der Waals surface area contributed by atoms with Gasteiger partial charge in [0.1, 0.15) is 0 Å². The van der Waals surface area contributed by atoms with Crippen molar-refractivity contribution in [2.75, 3.05) is 13.6 Å². The molecule has 0 bridgehead atoms. The average Bonchev–Trinajstić information content (AvgIpc) is 3.11. The first-order valence-corrected chi connectivity index (χ1v) is 9.20. The number of oxime groups is 1. The van der Waals surface area contributed by atoms with Gasteiger partial charge in [-0.25, -0.2) is 4.99 Å². The van der Waals surface area contributed by atoms with Gasteiger partial charge in [-0.2, -0.15) is 0 Å². The molecule has 0 saturated carbocycles. The van der Waals surface area contributed by atoms with E-state index in [0.29, 0.717) is 11.4 Å². The van der Waals surface area contributed by atoms with Gasteiger partial charge in [0.15, 0.2) is 6.10 Å². The molecule has 1 atom stereocenters. The number of nitrogens with zero attached hydrogens (tertiary/aromatic N) is 3. The quantitative estimate of drug-likeness (QED) is 0.520. The van der Waals surface area contributed by atoms with Gasteiger partial charge in [0.05, 0.1) is 17.7 Å². The maximum Gasteiger partial charge on any atom is 0.158 e. The fourth-order valence-corrected chi connectivity index (χ4v) is 3.19. The smallest absolute Gasteiger partial charge is 0.158 e. The first kappa shape index (κ1) is 18.5. The minimum absolute atomic E-state index is 0.0867. The van der Waals surface area contributed by atoms with Crippen molar-refractivity contribution in [1.29, 1.82) is 0 Å². The highest BCUT2D eigenvalue weighted by atomic mass is 35.5. The van der Waals surface area contributed by atoms with E-state index in [2.05, 4.69) is 43.1 Å². The van der Waals surface area contributed by atoms with Crippen LogP contribution in [0.3, 0.4) is 0 Å². The van der Waals surface area contributed by atoms with Crippen molar-refractivity contribution in [3.8, 4) is 0 Å². The topological polar surface area (TPSA) is 37.2 Å². The number of hydrogen-bond acceptors (Lipinski definition) is 3. The third kappa shape index (κ3) is 3.91. The molecule has 1 heterocycles. The Morgan fingerprint density at radius 3 is 2.77 bits per heavy atom. The summed E-state index contributed by atoms with van der Waals surface area (Å²) in [5.74, 6) is 0. The Kier molecular flexibility index (Phi) is 5.62. The van der Waals surface area contributed by atoms with Gasteiger partial charge >= 0.3 is 0 Å². The lowest BCUT2D eigenvalue weighted by Crippen LogP contribution is -2.14. The van der Waals surface area contributed by atoms with Gasteiger partial charge in [0, 0.05) is 30.6 Å². The SMILES string of the molecule is CCN(C)/C=N\c1cc(C)c(C2CC(c3ccccc3Cl)=NO2)cc1C. The molecule has 1 unspecified atom stereocenters. The summed E-state index contributed by atoms with van der Waals surface area (Å²) in [6.45, 7) is 7.19. The summed E-state index contributed by atoms with van der Waals surface area (Å²) in [5, 5.41) is 4.99. The molecule has 0 N–H and O–H groups in total. The second-order valence-corrected chi connectivity index (χ2v) is 7.04. The molecular weight excluding hydrogens is 346 g/mol. The van der Waals surface area contributed by atoms with Crippen LogP contribution in [0.15, 0.2) is 46.5 Å². The molecule has 0 fully saturated rings. The van der Waals surface area contributed by atoms with Crippen LogP contribution in [-0.2, 0) is 4.84 Å². The van der Waals surface area contributed by atoms with Gasteiger partial charge < -0.3 is 9.74 Å². The van der Waals surface area contributed by atoms with E-state index in [1.54, 1.807) is 0 Å². The van der Waals surface area contributed by atoms with E-state index < -0.39 is 0 Å². The summed E-state index contributed by atoms with van der Waals surface area (Å²) in [5.41, 5.74) is 6.25. The fraction of sp³-hybridized carbons (Fsp3) is 0.333. The molecular formula is C21H24ClN3O. The molecule has 0 aliphatic carbocycles. The molecule has 5 heteroatoms. The molecule has 0 radical (unpaired) electrons. The van der Waals surface area contributed by atoms with Crippen LogP contribution < -0.4 is 0 Å². The highest BCUT2D eigenvalue weighted by molar-refractivity contribution is 6.34. The van der Waals surface area contributed by atoms with Crippen LogP contribution >= 0.6 is 11.6 Å². The second-order valence-electron chi connectivity index (χ2n) is 6.63. The molecule has 0 aromatic heterocycles. The summed E-state index contributed by atoms with van der Waals surface area (Å²) in [6.07, 6.45) is 2.49. The van der Waals surface area contributed by atoms with Crippen molar-refractivity contribution >= 4 is 29.3 Å². The van der Waals surface area contributed by atoms with Gasteiger partial charge in [-0.1, -0.05) is 35.0 Å². The molecule has 136 valence electrons. The lowest BCUT2D eigenvalue weighted by Gasteiger charge is -2.15. The highest BCUT2D eigenvalue weighted by Gasteiger charge is 2.26. The van der Waals surface area contributed by atoms with E-state index in [4.69, 9.17) is 16.4 Å². The van der Waals surface area contributed by atoms with Crippen LogP contribution in [0.4, 0.5) is 5.69 Å². The monoisotopic (exact) mass is 369 g/mol. The number of benzene rings is 2. The van der Waals surface area contributed by atoms with Gasteiger partial charge in [-0.15, -0.1) is 0 Å². The highest BCUT2D eigenvalue weighted by Crippen LogP contribution is 2.35. The summed E-state index contributed by atoms with van der Waals surface area (Å²) in [6, 6.07) is 12.0. The summed E-state index contributed by atoms with van der Waals surface area (Å²) in [7, 11) is 2.01. The molecule has 0 saturated heterocycles. The molecule has 1 aliphatic heterocycles. The Morgan fingerprint density at radius 2 is 2.04 bits per heavy atom. The van der Waals surface area contributed by atoms with Crippen LogP contribution in [-0.4, -0.2) is 30.5 Å². The Hall–Kier alpha value is -2.33. The molecule has 2 aromatic carbocycles. The van der Waals surface area contributed by atoms with Crippen molar-refractivity contribution < 1.29 is 4.84 Å². The van der Waals surface area contributed by atoms with E-state index in [0.717, 1.165) is 40.2 Å². The first-order valence-electron chi connectivity index (χ1n) is 8.82. The minimum atomic E-state index is -0.0867. The van der Waals surface area contributed by atoms with Crippen LogP contribution in [0.2, 0.25) is 5.02 Å². The third-order valence-corrected chi connectivity index (χ3v) is 5.01. The first-order chi connectivity index (χ1) is 12.5. The van der Waals surface area contributed by atoms with E-state index in [1.807, 2.05) is 42.6 Å². The predicted molar refractivity (Wildman–Crippen MR) is 109 cm³/mol. The van der Waals surface area contributed by atoms with E-state index in [-0.39, 0.29) is 6.10 Å². The zero-order chi connectivity index (χ0) is 18.7. The van der Waals surface area contributed by atoms with Gasteiger partial charge in [0.25, 0.3) is 0 Å². The van der Waals surface area contributed by atoms with Crippen molar-refractivity contribution in [2.24, 2.45) is 10.1 Å². The standard InChI is InChI=1S/C21H24ClN3O/c1-5-25(4)13-23-19-11-14(2)17(10-15(19)3)21-12-20(24-26-21)16-8-6-7-9-18(16)22/h6-11,13,21H,5,12H2,1-4H3/b23-13-. The van der Waals surface area contributed by atoms with Gasteiger partial charge in [0.2, 0.25) is 0 Å². The number of rotatable bonds is 5. The second kappa shape index (κ2) is 7.92. The zero-order valence-electron chi connectivity index (χ0n) is 15.7. The van der Waals surface area contributed by atoms with Crippen molar-refractivity contribution in [2.45, 2.75) is 33.3 Å². The average molecular weight is 370 g/mol.